The van der Waals surface area contributed by atoms with Crippen molar-refractivity contribution >= 4 is 11.6 Å². The lowest BCUT2D eigenvalue weighted by molar-refractivity contribution is 0.191. The van der Waals surface area contributed by atoms with Crippen LogP contribution in [-0.2, 0) is 6.54 Å². The van der Waals surface area contributed by atoms with Gasteiger partial charge in [0.2, 0.25) is 0 Å². The van der Waals surface area contributed by atoms with Crippen LogP contribution in [0.15, 0.2) is 18.2 Å². The second kappa shape index (κ2) is 5.91. The van der Waals surface area contributed by atoms with E-state index in [4.69, 9.17) is 17.3 Å². The lowest BCUT2D eigenvalue weighted by atomic mass is 10.0. The number of hydrogen-bond acceptors (Lipinski definition) is 3. The molecule has 100 valence electrons. The van der Waals surface area contributed by atoms with Gasteiger partial charge >= 0.3 is 0 Å². The summed E-state index contributed by atoms with van der Waals surface area (Å²) >= 11 is 6.14. The van der Waals surface area contributed by atoms with Gasteiger partial charge in [-0.05, 0) is 44.5 Å². The van der Waals surface area contributed by atoms with E-state index in [-0.39, 0.29) is 5.75 Å². The molecule has 0 radical (unpaired) electrons. The number of nitrogens with two attached hydrogens (primary N) is 1. The first-order chi connectivity index (χ1) is 8.63. The Hall–Kier alpha value is -0.770. The highest BCUT2D eigenvalue weighted by atomic mass is 35.5. The maximum absolute atomic E-state index is 9.87. The van der Waals surface area contributed by atoms with Gasteiger partial charge < -0.3 is 10.8 Å². The molecule has 0 aromatic heterocycles. The third kappa shape index (κ3) is 2.79. The predicted molar refractivity (Wildman–Crippen MR) is 74.8 cm³/mol. The summed E-state index contributed by atoms with van der Waals surface area (Å²) in [6.07, 6.45) is 3.63. The van der Waals surface area contributed by atoms with Crippen molar-refractivity contribution in [1.82, 2.24) is 4.90 Å². The van der Waals surface area contributed by atoms with Gasteiger partial charge in [0.05, 0.1) is 0 Å². The molecule has 0 bridgehead atoms. The second-order valence-corrected chi connectivity index (χ2v) is 5.55. The van der Waals surface area contributed by atoms with Crippen LogP contribution < -0.4 is 5.73 Å². The molecule has 0 aliphatic heterocycles. The number of hydrogen-bond donors (Lipinski definition) is 2. The highest BCUT2D eigenvalue weighted by molar-refractivity contribution is 6.31. The Morgan fingerprint density at radius 2 is 2.22 bits per heavy atom. The fourth-order valence-corrected chi connectivity index (χ4v) is 3.17. The van der Waals surface area contributed by atoms with Gasteiger partial charge in [-0.25, -0.2) is 0 Å². The van der Waals surface area contributed by atoms with E-state index < -0.39 is 0 Å². The summed E-state index contributed by atoms with van der Waals surface area (Å²) in [5.41, 5.74) is 6.62. The molecular formula is C14H21ClN2O. The fraction of sp³-hybridized carbons (Fsp3) is 0.571. The molecular weight excluding hydrogens is 248 g/mol. The Bertz CT molecular complexity index is 391. The summed E-state index contributed by atoms with van der Waals surface area (Å²) in [4.78, 5) is 2.27. The van der Waals surface area contributed by atoms with Gasteiger partial charge in [0.15, 0.2) is 0 Å². The van der Waals surface area contributed by atoms with E-state index >= 15 is 0 Å². The number of phenolic OH excluding ortho intramolecular Hbond substituents is 1. The van der Waals surface area contributed by atoms with Gasteiger partial charge in [-0.2, -0.15) is 0 Å². The van der Waals surface area contributed by atoms with Gasteiger partial charge in [0.25, 0.3) is 0 Å². The first-order valence-corrected chi connectivity index (χ1v) is 6.88. The molecule has 4 heteroatoms. The average molecular weight is 269 g/mol. The first-order valence-electron chi connectivity index (χ1n) is 6.50. The van der Waals surface area contributed by atoms with Crippen LogP contribution >= 0.6 is 11.6 Å². The molecule has 2 atom stereocenters. The number of nitrogens with zero attached hydrogens (tertiary/aromatic N) is 1. The Labute approximate surface area is 114 Å². The molecule has 3 nitrogen and oxygen atoms in total. The Morgan fingerprint density at radius 1 is 1.44 bits per heavy atom. The molecule has 1 aromatic carbocycles. The zero-order valence-corrected chi connectivity index (χ0v) is 11.5. The molecule has 18 heavy (non-hydrogen) atoms. The van der Waals surface area contributed by atoms with Crippen molar-refractivity contribution in [2.75, 3.05) is 13.6 Å². The molecule has 2 unspecified atom stereocenters. The van der Waals surface area contributed by atoms with E-state index in [1.54, 1.807) is 12.1 Å². The topological polar surface area (TPSA) is 49.5 Å². The monoisotopic (exact) mass is 268 g/mol. The van der Waals surface area contributed by atoms with E-state index in [2.05, 4.69) is 11.9 Å². The van der Waals surface area contributed by atoms with Crippen molar-refractivity contribution < 1.29 is 5.11 Å². The highest BCUT2D eigenvalue weighted by Crippen LogP contribution is 2.32. The van der Waals surface area contributed by atoms with Crippen LogP contribution in [0.25, 0.3) is 0 Å². The third-order valence-corrected chi connectivity index (χ3v) is 4.34. The summed E-state index contributed by atoms with van der Waals surface area (Å²) in [5.74, 6) is 0.844. The lowest BCUT2D eigenvalue weighted by Crippen LogP contribution is -2.37. The summed E-state index contributed by atoms with van der Waals surface area (Å²) < 4.78 is 0. The molecule has 0 saturated heterocycles. The molecule has 3 N–H and O–H groups in total. The Balaban J connectivity index is 2.09. The second-order valence-electron chi connectivity index (χ2n) is 5.15. The smallest absolute Gasteiger partial charge is 0.121 e. The van der Waals surface area contributed by atoms with Crippen LogP contribution in [0.3, 0.4) is 0 Å². The van der Waals surface area contributed by atoms with Crippen molar-refractivity contribution in [2.24, 2.45) is 11.7 Å². The number of aromatic hydroxyl groups is 1. The van der Waals surface area contributed by atoms with Crippen molar-refractivity contribution in [3.63, 3.8) is 0 Å². The van der Waals surface area contributed by atoms with E-state index in [9.17, 15) is 5.11 Å². The van der Waals surface area contributed by atoms with Crippen LogP contribution in [0, 0.1) is 5.92 Å². The minimum absolute atomic E-state index is 0.275. The van der Waals surface area contributed by atoms with Crippen molar-refractivity contribution in [3.8, 4) is 5.75 Å². The first kappa shape index (κ1) is 13.7. The van der Waals surface area contributed by atoms with E-state index in [1.807, 2.05) is 6.07 Å². The van der Waals surface area contributed by atoms with Crippen LogP contribution in [0.2, 0.25) is 5.02 Å². The van der Waals surface area contributed by atoms with E-state index in [1.165, 1.54) is 19.3 Å². The molecule has 1 fully saturated rings. The van der Waals surface area contributed by atoms with Crippen LogP contribution in [0.1, 0.15) is 24.8 Å². The zero-order valence-electron chi connectivity index (χ0n) is 10.8. The summed E-state index contributed by atoms with van der Waals surface area (Å²) in [7, 11) is 2.08. The van der Waals surface area contributed by atoms with Crippen molar-refractivity contribution in [3.05, 3.63) is 28.8 Å². The summed E-state index contributed by atoms with van der Waals surface area (Å²) in [6.45, 7) is 1.41. The minimum atomic E-state index is 0.275. The molecule has 2 rings (SSSR count). The van der Waals surface area contributed by atoms with Crippen LogP contribution in [0.5, 0.6) is 5.75 Å². The SMILES string of the molecule is CN(Cc1c(O)cccc1Cl)C1CCCC1CN. The number of rotatable bonds is 4. The largest absolute Gasteiger partial charge is 0.508 e. The maximum Gasteiger partial charge on any atom is 0.121 e. The predicted octanol–water partition coefficient (Wildman–Crippen LogP) is 2.60. The number of phenols is 1. The molecule has 0 spiro atoms. The van der Waals surface area contributed by atoms with Gasteiger partial charge in [0, 0.05) is 23.2 Å². The van der Waals surface area contributed by atoms with Crippen LogP contribution in [-0.4, -0.2) is 29.6 Å². The van der Waals surface area contributed by atoms with E-state index in [0.29, 0.717) is 23.5 Å². The summed E-state index contributed by atoms with van der Waals surface area (Å²) in [6, 6.07) is 5.77. The van der Waals surface area contributed by atoms with Crippen molar-refractivity contribution in [2.45, 2.75) is 31.8 Å². The van der Waals surface area contributed by atoms with Crippen LogP contribution in [0.4, 0.5) is 0 Å². The molecule has 1 aliphatic carbocycles. The summed E-state index contributed by atoms with van der Waals surface area (Å²) in [5, 5.41) is 10.5. The number of benzene rings is 1. The standard InChI is InChI=1S/C14H21ClN2O/c1-17(13-6-2-4-10(13)8-16)9-11-12(15)5-3-7-14(11)18/h3,5,7,10,13,18H,2,4,6,8-9,16H2,1H3. The van der Waals surface area contributed by atoms with Gasteiger partial charge in [-0.15, -0.1) is 0 Å². The maximum atomic E-state index is 9.87. The third-order valence-electron chi connectivity index (χ3n) is 3.99. The minimum Gasteiger partial charge on any atom is -0.508 e. The normalized spacial score (nSPS) is 23.8. The van der Waals surface area contributed by atoms with Crippen molar-refractivity contribution in [1.29, 1.82) is 0 Å². The van der Waals surface area contributed by atoms with Gasteiger partial charge in [-0.1, -0.05) is 24.1 Å². The molecule has 1 saturated carbocycles. The number of halogens is 1. The van der Waals surface area contributed by atoms with Gasteiger partial charge in [0.1, 0.15) is 5.75 Å². The molecule has 1 aromatic rings. The highest BCUT2D eigenvalue weighted by Gasteiger charge is 2.29. The Kier molecular flexibility index (Phi) is 4.49. The molecule has 1 aliphatic rings. The zero-order chi connectivity index (χ0) is 13.1. The fourth-order valence-electron chi connectivity index (χ4n) is 2.94. The quantitative estimate of drug-likeness (QED) is 0.883. The lowest BCUT2D eigenvalue weighted by Gasteiger charge is -2.29. The Morgan fingerprint density at radius 3 is 2.89 bits per heavy atom. The molecule has 0 amide bonds. The van der Waals surface area contributed by atoms with E-state index in [0.717, 1.165) is 12.1 Å². The average Bonchev–Trinajstić information content (AvgIpc) is 2.82. The van der Waals surface area contributed by atoms with Gasteiger partial charge in [-0.3, -0.25) is 4.90 Å². The molecule has 0 heterocycles.